The van der Waals surface area contributed by atoms with Crippen molar-refractivity contribution in [1.82, 2.24) is 14.8 Å². The Morgan fingerprint density at radius 3 is 2.58 bits per heavy atom. The first-order chi connectivity index (χ1) is 15.0. The van der Waals surface area contributed by atoms with Crippen molar-refractivity contribution in [2.75, 3.05) is 11.9 Å². The van der Waals surface area contributed by atoms with E-state index in [9.17, 15) is 14.4 Å². The Kier molecular flexibility index (Phi) is 7.72. The smallest absolute Gasteiger partial charge is 0.359 e. The molecule has 0 bridgehead atoms. The van der Waals surface area contributed by atoms with Crippen LogP contribution < -0.4 is 10.9 Å². The first-order valence-electron chi connectivity index (χ1n) is 10.1. The molecule has 1 aromatic carbocycles. The number of hydrogen-bond acceptors (Lipinski definition) is 6. The van der Waals surface area contributed by atoms with E-state index in [0.717, 1.165) is 25.7 Å². The average molecular weight is 443 g/mol. The maximum Gasteiger partial charge on any atom is 0.359 e. The molecule has 3 rings (SSSR count). The van der Waals surface area contributed by atoms with Gasteiger partial charge >= 0.3 is 5.97 Å². The lowest BCUT2D eigenvalue weighted by Crippen LogP contribution is -2.28. The Hall–Kier alpha value is -3.26. The number of benzene rings is 1. The quantitative estimate of drug-likeness (QED) is 0.399. The van der Waals surface area contributed by atoms with E-state index in [1.165, 1.54) is 16.9 Å². The van der Waals surface area contributed by atoms with Gasteiger partial charge in [-0.05, 0) is 24.6 Å². The Bertz CT molecular complexity index is 1130. The highest BCUT2D eigenvalue weighted by Gasteiger charge is 2.19. The second kappa shape index (κ2) is 10.7. The summed E-state index contributed by atoms with van der Waals surface area (Å²) < 4.78 is 6.45. The number of amides is 1. The molecule has 0 unspecified atom stereocenters. The highest BCUT2D eigenvalue weighted by molar-refractivity contribution is 6.30. The molecule has 2 heterocycles. The van der Waals surface area contributed by atoms with Gasteiger partial charge < -0.3 is 10.1 Å². The van der Waals surface area contributed by atoms with Crippen LogP contribution in [0.15, 0.2) is 47.4 Å². The third-order valence-electron chi connectivity index (χ3n) is 4.61. The summed E-state index contributed by atoms with van der Waals surface area (Å²) in [6.07, 6.45) is 5.28. The van der Waals surface area contributed by atoms with Gasteiger partial charge in [0.05, 0.1) is 10.4 Å². The maximum absolute atomic E-state index is 12.7. The zero-order chi connectivity index (χ0) is 22.2. The van der Waals surface area contributed by atoms with Crippen molar-refractivity contribution in [3.63, 3.8) is 0 Å². The lowest BCUT2D eigenvalue weighted by Gasteiger charge is -2.11. The Morgan fingerprint density at radius 1 is 1.10 bits per heavy atom. The van der Waals surface area contributed by atoms with Gasteiger partial charge in [-0.1, -0.05) is 56.0 Å². The number of fused-ring (bicyclic) bond motifs is 1. The van der Waals surface area contributed by atoms with Crippen LogP contribution in [0.4, 0.5) is 5.82 Å². The van der Waals surface area contributed by atoms with Gasteiger partial charge in [0.1, 0.15) is 5.82 Å². The molecule has 0 radical (unpaired) electrons. The number of aryl methyl sites for hydroxylation is 1. The van der Waals surface area contributed by atoms with Gasteiger partial charge in [0.15, 0.2) is 12.3 Å². The number of halogens is 1. The summed E-state index contributed by atoms with van der Waals surface area (Å²) in [5, 5.41) is 7.96. The molecule has 0 atom stereocenters. The summed E-state index contributed by atoms with van der Waals surface area (Å²) in [4.78, 5) is 41.5. The minimum Gasteiger partial charge on any atom is -0.451 e. The average Bonchev–Trinajstić information content (AvgIpc) is 2.78. The van der Waals surface area contributed by atoms with Crippen LogP contribution in [0.5, 0.6) is 0 Å². The topological polar surface area (TPSA) is 103 Å². The van der Waals surface area contributed by atoms with Crippen LogP contribution in [0.3, 0.4) is 0 Å². The molecule has 0 aliphatic carbocycles. The first-order valence-corrected chi connectivity index (χ1v) is 10.5. The number of aromatic nitrogens is 3. The Morgan fingerprint density at radius 2 is 1.87 bits per heavy atom. The highest BCUT2D eigenvalue weighted by Crippen LogP contribution is 2.15. The minimum atomic E-state index is -0.780. The zero-order valence-corrected chi connectivity index (χ0v) is 17.9. The molecular weight excluding hydrogens is 420 g/mol. The lowest BCUT2D eigenvalue weighted by atomic mass is 10.1. The third kappa shape index (κ3) is 5.88. The Balaban J connectivity index is 1.74. The second-order valence-corrected chi connectivity index (χ2v) is 7.41. The summed E-state index contributed by atoms with van der Waals surface area (Å²) in [6.45, 7) is 2.00. The predicted molar refractivity (Wildman–Crippen MR) is 118 cm³/mol. The molecule has 2 aromatic heterocycles. The molecule has 3 aromatic rings. The van der Waals surface area contributed by atoms with E-state index in [2.05, 4.69) is 22.3 Å². The van der Waals surface area contributed by atoms with E-state index < -0.39 is 18.5 Å². The number of rotatable bonds is 9. The number of hydrogen-bond donors (Lipinski definition) is 1. The van der Waals surface area contributed by atoms with E-state index in [0.29, 0.717) is 22.3 Å². The highest BCUT2D eigenvalue weighted by atomic mass is 35.5. The molecule has 9 heteroatoms. The van der Waals surface area contributed by atoms with Crippen molar-refractivity contribution < 1.29 is 14.3 Å². The zero-order valence-electron chi connectivity index (χ0n) is 17.1. The van der Waals surface area contributed by atoms with Crippen molar-refractivity contribution in [2.24, 2.45) is 0 Å². The van der Waals surface area contributed by atoms with Gasteiger partial charge in [0.2, 0.25) is 0 Å². The third-order valence-corrected chi connectivity index (χ3v) is 4.84. The molecule has 162 valence electrons. The SMILES string of the molecule is CCCCCCn1nc(C(=O)OCC(=O)Nc2ccc(Cl)cn2)c2ccccc2c1=O. The van der Waals surface area contributed by atoms with Crippen molar-refractivity contribution in [3.8, 4) is 0 Å². The summed E-state index contributed by atoms with van der Waals surface area (Å²) >= 11 is 5.76. The van der Waals surface area contributed by atoms with Crippen LogP contribution in [0.1, 0.15) is 43.1 Å². The largest absolute Gasteiger partial charge is 0.451 e. The van der Waals surface area contributed by atoms with Crippen molar-refractivity contribution in [3.05, 3.63) is 63.7 Å². The summed E-state index contributed by atoms with van der Waals surface area (Å²) in [5.74, 6) is -1.05. The number of carbonyl (C=O) groups excluding carboxylic acids is 2. The van der Waals surface area contributed by atoms with Gasteiger partial charge in [-0.25, -0.2) is 14.5 Å². The molecule has 8 nitrogen and oxygen atoms in total. The molecular formula is C22H23ClN4O4. The van der Waals surface area contributed by atoms with Crippen molar-refractivity contribution in [1.29, 1.82) is 0 Å². The van der Waals surface area contributed by atoms with E-state index in [1.54, 1.807) is 30.3 Å². The minimum absolute atomic E-state index is 0.00288. The number of carbonyl (C=O) groups is 2. The van der Waals surface area contributed by atoms with E-state index in [4.69, 9.17) is 16.3 Å². The van der Waals surface area contributed by atoms with Gasteiger partial charge in [-0.2, -0.15) is 5.10 Å². The molecule has 0 saturated heterocycles. The van der Waals surface area contributed by atoms with E-state index in [-0.39, 0.29) is 17.1 Å². The molecule has 0 aliphatic heterocycles. The van der Waals surface area contributed by atoms with Gasteiger partial charge in [-0.15, -0.1) is 0 Å². The van der Waals surface area contributed by atoms with Crippen molar-refractivity contribution >= 4 is 40.1 Å². The van der Waals surface area contributed by atoms with Gasteiger partial charge in [-0.3, -0.25) is 9.59 Å². The van der Waals surface area contributed by atoms with Crippen LogP contribution in [-0.2, 0) is 16.1 Å². The van der Waals surface area contributed by atoms with Gasteiger partial charge in [0, 0.05) is 18.1 Å². The monoisotopic (exact) mass is 442 g/mol. The van der Waals surface area contributed by atoms with Crippen LogP contribution in [0, 0.1) is 0 Å². The lowest BCUT2D eigenvalue weighted by molar-refractivity contribution is -0.119. The summed E-state index contributed by atoms with van der Waals surface area (Å²) in [6, 6.07) is 9.84. The number of unbranched alkanes of at least 4 members (excludes halogenated alkanes) is 3. The maximum atomic E-state index is 12.7. The predicted octanol–water partition coefficient (Wildman–Crippen LogP) is 3.82. The number of anilines is 1. The van der Waals surface area contributed by atoms with Gasteiger partial charge in [0.25, 0.3) is 11.5 Å². The normalized spacial score (nSPS) is 10.8. The molecule has 0 aliphatic rings. The molecule has 0 spiro atoms. The van der Waals surface area contributed by atoms with Crippen LogP contribution in [0.2, 0.25) is 5.02 Å². The fraction of sp³-hybridized carbons (Fsp3) is 0.318. The van der Waals surface area contributed by atoms with Crippen LogP contribution >= 0.6 is 11.6 Å². The number of nitrogens with one attached hydrogen (secondary N) is 1. The standard InChI is InChI=1S/C22H23ClN4O4/c1-2-3-4-7-12-27-21(29)17-9-6-5-8-16(17)20(26-27)22(30)31-14-19(28)25-18-11-10-15(23)13-24-18/h5-6,8-11,13H,2-4,7,12,14H2,1H3,(H,24,25,28). The number of ether oxygens (including phenoxy) is 1. The molecule has 31 heavy (non-hydrogen) atoms. The van der Waals surface area contributed by atoms with E-state index >= 15 is 0 Å². The van der Waals surface area contributed by atoms with Crippen LogP contribution in [-0.4, -0.2) is 33.2 Å². The molecule has 0 saturated carbocycles. The summed E-state index contributed by atoms with van der Waals surface area (Å²) in [5.41, 5.74) is -0.252. The Labute approximate surface area is 184 Å². The number of esters is 1. The molecule has 0 fully saturated rings. The number of nitrogens with zero attached hydrogens (tertiary/aromatic N) is 3. The molecule has 1 N–H and O–H groups in total. The van der Waals surface area contributed by atoms with E-state index in [1.807, 2.05) is 0 Å². The number of pyridine rings is 1. The second-order valence-electron chi connectivity index (χ2n) is 6.97. The summed E-state index contributed by atoms with van der Waals surface area (Å²) in [7, 11) is 0. The van der Waals surface area contributed by atoms with Crippen LogP contribution in [0.25, 0.3) is 10.8 Å². The first kappa shape index (κ1) is 22.4. The van der Waals surface area contributed by atoms with Crippen molar-refractivity contribution in [2.45, 2.75) is 39.2 Å². The fourth-order valence-electron chi connectivity index (χ4n) is 3.05. The molecule has 1 amide bonds. The fourth-order valence-corrected chi connectivity index (χ4v) is 3.17.